The van der Waals surface area contributed by atoms with Crippen LogP contribution < -0.4 is 19.5 Å². The molecule has 0 aliphatic carbocycles. The summed E-state index contributed by atoms with van der Waals surface area (Å²) in [5.41, 5.74) is 2.56. The number of likely N-dealkylation sites (tertiary alicyclic amines) is 1. The summed E-state index contributed by atoms with van der Waals surface area (Å²) in [5.74, 6) is -1.03. The summed E-state index contributed by atoms with van der Waals surface area (Å²) < 4.78 is 17.6. The molecule has 1 aliphatic rings. The monoisotopic (exact) mass is 728 g/mol. The predicted molar refractivity (Wildman–Crippen MR) is 187 cm³/mol. The first-order chi connectivity index (χ1) is 23.6. The standard InChI is InChI=1S/C36H39Cl2N3O7S/c1-40-14-8-7-11-24(40)21-48-36(44)33(22-9-5-4-6-10-22)39-18-25-16-27(34(49-25)35(42)43)26(17-28-29(37)19-41(45)20-30(28)38)23-12-13-31(46-2)32(15-23)47-3/h4-6,9-10,12-13,15-16,19-20,24,26,33,39H,7-8,11,14,17-18,21H2,1-3H3,(H-,42,43,45)/p+1/t24-,26+,33?/m1/s1. The van der Waals surface area contributed by atoms with Crippen LogP contribution in [0.1, 0.15) is 68.0 Å². The van der Waals surface area contributed by atoms with Crippen molar-refractivity contribution in [2.75, 3.05) is 34.4 Å². The highest BCUT2D eigenvalue weighted by atomic mass is 35.5. The largest absolute Gasteiger partial charge is 0.493 e. The molecule has 1 fully saturated rings. The van der Waals surface area contributed by atoms with E-state index in [1.165, 1.54) is 26.6 Å². The zero-order valence-corrected chi connectivity index (χ0v) is 29.9. The van der Waals surface area contributed by atoms with Crippen molar-refractivity contribution in [3.63, 3.8) is 0 Å². The minimum absolute atomic E-state index is 0.135. The van der Waals surface area contributed by atoms with Crippen molar-refractivity contribution >= 4 is 46.5 Å². The van der Waals surface area contributed by atoms with Gasteiger partial charge in [0.1, 0.15) is 27.6 Å². The van der Waals surface area contributed by atoms with Gasteiger partial charge in [0.2, 0.25) is 12.4 Å². The van der Waals surface area contributed by atoms with Crippen molar-refractivity contribution in [2.45, 2.75) is 50.2 Å². The van der Waals surface area contributed by atoms with Crippen LogP contribution in [-0.4, -0.2) is 67.6 Å². The van der Waals surface area contributed by atoms with Gasteiger partial charge in [0, 0.05) is 33.7 Å². The lowest BCUT2D eigenvalue weighted by Gasteiger charge is -2.32. The van der Waals surface area contributed by atoms with Gasteiger partial charge in [-0.3, -0.25) is 10.5 Å². The normalized spacial score (nSPS) is 16.1. The maximum Gasteiger partial charge on any atom is 0.346 e. The molecule has 260 valence electrons. The first-order valence-corrected chi connectivity index (χ1v) is 17.5. The summed E-state index contributed by atoms with van der Waals surface area (Å²) in [6.07, 6.45) is 6.08. The molecule has 0 radical (unpaired) electrons. The molecular formula is C36H40Cl2N3O7S+. The summed E-state index contributed by atoms with van der Waals surface area (Å²) in [5, 5.41) is 24.2. The molecule has 13 heteroatoms. The van der Waals surface area contributed by atoms with Crippen LogP contribution in [0.3, 0.4) is 0 Å². The number of aromatic nitrogens is 1. The highest BCUT2D eigenvalue weighted by Gasteiger charge is 2.30. The maximum absolute atomic E-state index is 13.5. The quantitative estimate of drug-likeness (QED) is 0.0756. The van der Waals surface area contributed by atoms with Gasteiger partial charge < -0.3 is 24.2 Å². The van der Waals surface area contributed by atoms with Gasteiger partial charge >= 0.3 is 11.9 Å². The van der Waals surface area contributed by atoms with Gasteiger partial charge in [-0.15, -0.1) is 11.3 Å². The van der Waals surface area contributed by atoms with Gasteiger partial charge in [0.05, 0.1) is 14.2 Å². The molecule has 10 nitrogen and oxygen atoms in total. The number of rotatable bonds is 14. The van der Waals surface area contributed by atoms with E-state index in [9.17, 15) is 19.9 Å². The molecule has 1 saturated heterocycles. The Morgan fingerprint density at radius 3 is 2.39 bits per heavy atom. The Hall–Kier alpha value is -3.87. The van der Waals surface area contributed by atoms with E-state index in [4.69, 9.17) is 37.4 Å². The number of carboxylic acid groups (broad SMARTS) is 1. The molecule has 5 rings (SSSR count). The van der Waals surface area contributed by atoms with Crippen molar-refractivity contribution in [1.29, 1.82) is 0 Å². The Bertz CT molecular complexity index is 1750. The second-order valence-electron chi connectivity index (χ2n) is 12.0. The van der Waals surface area contributed by atoms with E-state index in [1.54, 1.807) is 12.1 Å². The first kappa shape index (κ1) is 36.4. The number of nitrogens with one attached hydrogen (secondary N) is 1. The fraction of sp³-hybridized carbons (Fsp3) is 0.361. The number of carbonyl (C=O) groups excluding carboxylic acids is 1. The average Bonchev–Trinajstić information content (AvgIpc) is 3.52. The Labute approximate surface area is 299 Å². The van der Waals surface area contributed by atoms with Crippen LogP contribution in [0.25, 0.3) is 0 Å². The lowest BCUT2D eigenvalue weighted by molar-refractivity contribution is -0.904. The van der Waals surface area contributed by atoms with Gasteiger partial charge in [0.25, 0.3) is 0 Å². The van der Waals surface area contributed by atoms with E-state index < -0.39 is 23.9 Å². The molecule has 1 aliphatic heterocycles. The Balaban J connectivity index is 1.47. The molecule has 0 amide bonds. The van der Waals surface area contributed by atoms with E-state index in [2.05, 4.69) is 17.3 Å². The Kier molecular flexibility index (Phi) is 12.4. The number of esters is 1. The number of thiophene rings is 1. The van der Waals surface area contributed by atoms with Crippen molar-refractivity contribution in [1.82, 2.24) is 10.2 Å². The zero-order chi connectivity index (χ0) is 35.1. The molecule has 2 aromatic heterocycles. The number of methoxy groups -OCH3 is 2. The number of pyridine rings is 1. The minimum Gasteiger partial charge on any atom is -0.493 e. The number of ether oxygens (including phenoxy) is 3. The second kappa shape index (κ2) is 16.7. The topological polar surface area (TPSA) is 121 Å². The molecular weight excluding hydrogens is 689 g/mol. The Morgan fingerprint density at radius 2 is 1.73 bits per heavy atom. The van der Waals surface area contributed by atoms with Crippen molar-refractivity contribution < 1.29 is 38.8 Å². The zero-order valence-electron chi connectivity index (χ0n) is 27.5. The number of hydrogen-bond acceptors (Lipinski definition) is 9. The van der Waals surface area contributed by atoms with Crippen LogP contribution >= 0.6 is 34.5 Å². The third-order valence-corrected chi connectivity index (χ3v) is 10.6. The third-order valence-electron chi connectivity index (χ3n) is 8.86. The number of hydrogen-bond donors (Lipinski definition) is 3. The number of aromatic carboxylic acids is 1. The number of carboxylic acids is 1. The molecule has 3 heterocycles. The van der Waals surface area contributed by atoms with Gasteiger partial charge in [-0.25, -0.2) is 9.59 Å². The van der Waals surface area contributed by atoms with E-state index in [0.717, 1.165) is 53.0 Å². The van der Waals surface area contributed by atoms with Gasteiger partial charge in [0.15, 0.2) is 11.5 Å². The lowest BCUT2D eigenvalue weighted by Crippen LogP contribution is -2.41. The van der Waals surface area contributed by atoms with Crippen LogP contribution in [0.2, 0.25) is 10.0 Å². The molecule has 0 spiro atoms. The smallest absolute Gasteiger partial charge is 0.346 e. The van der Waals surface area contributed by atoms with Crippen LogP contribution in [0.4, 0.5) is 0 Å². The second-order valence-corrected chi connectivity index (χ2v) is 13.9. The van der Waals surface area contributed by atoms with Crippen LogP contribution in [0, 0.1) is 0 Å². The molecule has 3 atom stereocenters. The highest BCUT2D eigenvalue weighted by Crippen LogP contribution is 2.41. The van der Waals surface area contributed by atoms with Crippen molar-refractivity contribution in [2.24, 2.45) is 0 Å². The number of nitrogens with zero attached hydrogens (tertiary/aromatic N) is 2. The van der Waals surface area contributed by atoms with Crippen LogP contribution in [-0.2, 0) is 22.5 Å². The van der Waals surface area contributed by atoms with E-state index in [0.29, 0.717) is 34.1 Å². The molecule has 2 aromatic carbocycles. The first-order valence-electron chi connectivity index (χ1n) is 15.9. The summed E-state index contributed by atoms with van der Waals surface area (Å²) in [6.45, 7) is 1.49. The molecule has 0 saturated carbocycles. The number of piperidine rings is 1. The SMILES string of the molecule is COc1ccc([C@H](Cc2c(Cl)c[n+](O)cc2Cl)c2cc(CNC(C(=O)OC[C@H]3CCCCN3C)c3ccccc3)sc2C(=O)O)cc1OC. The predicted octanol–water partition coefficient (Wildman–Crippen LogP) is 6.53. The Morgan fingerprint density at radius 1 is 1.02 bits per heavy atom. The fourth-order valence-corrected chi connectivity index (χ4v) is 7.80. The number of likely N-dealkylation sites (N-methyl/N-ethyl adjacent to an activating group) is 1. The summed E-state index contributed by atoms with van der Waals surface area (Å²) in [4.78, 5) is 29.3. The maximum atomic E-state index is 13.5. The number of carbonyl (C=O) groups is 2. The van der Waals surface area contributed by atoms with Crippen LogP contribution in [0.5, 0.6) is 11.5 Å². The summed E-state index contributed by atoms with van der Waals surface area (Å²) in [6, 6.07) is 16.0. The molecule has 0 bridgehead atoms. The molecule has 1 unspecified atom stereocenters. The summed E-state index contributed by atoms with van der Waals surface area (Å²) >= 11 is 14.2. The summed E-state index contributed by atoms with van der Waals surface area (Å²) in [7, 11) is 5.12. The third kappa shape index (κ3) is 8.84. The lowest BCUT2D eigenvalue weighted by atomic mass is 9.85. The van der Waals surface area contributed by atoms with Gasteiger partial charge in [-0.05, 0) is 67.7 Å². The molecule has 49 heavy (non-hydrogen) atoms. The molecule has 3 N–H and O–H groups in total. The fourth-order valence-electron chi connectivity index (χ4n) is 6.19. The molecule has 4 aromatic rings. The van der Waals surface area contributed by atoms with Gasteiger partial charge in [-0.1, -0.05) is 66.0 Å². The van der Waals surface area contributed by atoms with Gasteiger partial charge in [-0.2, -0.15) is 0 Å². The van der Waals surface area contributed by atoms with Crippen LogP contribution in [0.15, 0.2) is 67.0 Å². The van der Waals surface area contributed by atoms with E-state index in [-0.39, 0.29) is 33.9 Å². The average molecular weight is 730 g/mol. The minimum atomic E-state index is -1.09. The highest BCUT2D eigenvalue weighted by molar-refractivity contribution is 7.14. The van der Waals surface area contributed by atoms with Crippen molar-refractivity contribution in [3.8, 4) is 11.5 Å². The van der Waals surface area contributed by atoms with E-state index in [1.807, 2.05) is 42.5 Å². The number of halogens is 2. The van der Waals surface area contributed by atoms with Crippen molar-refractivity contribution in [3.05, 3.63) is 109 Å². The van der Waals surface area contributed by atoms with E-state index >= 15 is 0 Å². The number of benzene rings is 2.